The van der Waals surface area contributed by atoms with Crippen LogP contribution in [0.25, 0.3) is 11.4 Å². The van der Waals surface area contributed by atoms with Crippen LogP contribution in [0.2, 0.25) is 0 Å². The highest BCUT2D eigenvalue weighted by atomic mass is 16.4. The van der Waals surface area contributed by atoms with Crippen LogP contribution in [0.15, 0.2) is 30.6 Å². The Morgan fingerprint density at radius 1 is 1.26 bits per heavy atom. The number of nitrogens with zero attached hydrogens (tertiary/aromatic N) is 3. The summed E-state index contributed by atoms with van der Waals surface area (Å²) in [6.45, 7) is 3.86. The van der Waals surface area contributed by atoms with E-state index in [4.69, 9.17) is 9.90 Å². The average Bonchev–Trinajstić information content (AvgIpc) is 3.21. The number of aliphatic carboxylic acids is 1. The van der Waals surface area contributed by atoms with Gasteiger partial charge in [-0.1, -0.05) is 18.2 Å². The van der Waals surface area contributed by atoms with E-state index in [1.807, 2.05) is 29.2 Å². The molecule has 2 aromatic rings. The van der Waals surface area contributed by atoms with Gasteiger partial charge < -0.3 is 15.3 Å². The summed E-state index contributed by atoms with van der Waals surface area (Å²) in [7, 11) is 0. The van der Waals surface area contributed by atoms with Gasteiger partial charge in [0.2, 0.25) is 0 Å². The fraction of sp³-hybridized carbons (Fsp3) is 0.474. The summed E-state index contributed by atoms with van der Waals surface area (Å²) >= 11 is 0. The first kappa shape index (κ1) is 19.0. The Bertz CT molecular complexity index is 773. The van der Waals surface area contributed by atoms with E-state index in [-0.39, 0.29) is 5.91 Å². The molecule has 2 atom stereocenters. The van der Waals surface area contributed by atoms with Crippen LogP contribution in [0.1, 0.15) is 36.5 Å². The van der Waals surface area contributed by atoms with Crippen molar-refractivity contribution in [2.45, 2.75) is 32.2 Å². The van der Waals surface area contributed by atoms with E-state index in [0.29, 0.717) is 23.3 Å². The molecule has 0 unspecified atom stereocenters. The molecule has 0 saturated carbocycles. The van der Waals surface area contributed by atoms with Crippen molar-refractivity contribution in [3.8, 4) is 11.4 Å². The summed E-state index contributed by atoms with van der Waals surface area (Å²) in [4.78, 5) is 28.2. The number of fused-ring (bicyclic) bond motifs is 1. The molecule has 1 aromatic carbocycles. The first-order valence-corrected chi connectivity index (χ1v) is 9.23. The molecular formula is C19H25N5O3. The number of hydrogen-bond acceptors (Lipinski definition) is 5. The molecule has 4 rings (SSSR count). The van der Waals surface area contributed by atoms with Crippen LogP contribution >= 0.6 is 0 Å². The number of likely N-dealkylation sites (tertiary alicyclic amines) is 1. The lowest BCUT2D eigenvalue weighted by molar-refractivity contribution is -0.134. The van der Waals surface area contributed by atoms with E-state index in [2.05, 4.69) is 20.5 Å². The van der Waals surface area contributed by atoms with Gasteiger partial charge in [-0.05, 0) is 37.8 Å². The van der Waals surface area contributed by atoms with Crippen molar-refractivity contribution in [2.75, 3.05) is 19.6 Å². The van der Waals surface area contributed by atoms with Crippen molar-refractivity contribution >= 4 is 11.9 Å². The second kappa shape index (κ2) is 8.77. The molecule has 2 aliphatic heterocycles. The van der Waals surface area contributed by atoms with E-state index in [1.54, 1.807) is 0 Å². The minimum Gasteiger partial charge on any atom is -0.481 e. The molecule has 144 valence electrons. The number of aromatic nitrogens is 3. The van der Waals surface area contributed by atoms with Gasteiger partial charge >= 0.3 is 0 Å². The van der Waals surface area contributed by atoms with Crippen LogP contribution in [0, 0.1) is 5.92 Å². The smallest absolute Gasteiger partial charge is 0.300 e. The van der Waals surface area contributed by atoms with Gasteiger partial charge in [-0.25, -0.2) is 4.98 Å². The second-order valence-electron chi connectivity index (χ2n) is 6.90. The van der Waals surface area contributed by atoms with Crippen LogP contribution in [0.5, 0.6) is 0 Å². The highest BCUT2D eigenvalue weighted by Crippen LogP contribution is 2.27. The standard InChI is InChI=1S/C17H21N5O.C2H4O2/c23-17(22-9-7-15-12(10-22)4-3-8-18-15)14-6-2-1-5-13(14)16-19-11-20-21-16;1-2(3)4/h1-2,5-6,11-12,15,18H,3-4,7-10H2,(H,19,20,21);1H3,(H,3,4)/t12-,15+;/m1./s1. The number of rotatable bonds is 2. The zero-order valence-electron chi connectivity index (χ0n) is 15.4. The lowest BCUT2D eigenvalue weighted by atomic mass is 9.85. The first-order chi connectivity index (χ1) is 13.1. The largest absolute Gasteiger partial charge is 0.481 e. The Morgan fingerprint density at radius 2 is 2.04 bits per heavy atom. The number of carbonyl (C=O) groups is 2. The normalized spacial score (nSPS) is 21.6. The van der Waals surface area contributed by atoms with Crippen molar-refractivity contribution in [3.05, 3.63) is 36.2 Å². The molecule has 0 spiro atoms. The highest BCUT2D eigenvalue weighted by Gasteiger charge is 2.33. The molecule has 0 bridgehead atoms. The molecule has 8 nitrogen and oxygen atoms in total. The molecule has 1 amide bonds. The molecular weight excluding hydrogens is 346 g/mol. The highest BCUT2D eigenvalue weighted by molar-refractivity contribution is 6.00. The van der Waals surface area contributed by atoms with Gasteiger partial charge in [0.15, 0.2) is 5.82 Å². The van der Waals surface area contributed by atoms with Gasteiger partial charge in [0.05, 0.1) is 5.56 Å². The number of carbonyl (C=O) groups excluding carboxylic acids is 1. The Balaban J connectivity index is 0.000000481. The molecule has 0 aliphatic carbocycles. The minimum absolute atomic E-state index is 0.0982. The quantitative estimate of drug-likeness (QED) is 0.742. The monoisotopic (exact) mass is 371 g/mol. The molecule has 3 N–H and O–H groups in total. The first-order valence-electron chi connectivity index (χ1n) is 9.23. The zero-order valence-corrected chi connectivity index (χ0v) is 15.4. The Hall–Kier alpha value is -2.74. The summed E-state index contributed by atoms with van der Waals surface area (Å²) in [5.41, 5.74) is 1.52. The maximum absolute atomic E-state index is 13.0. The van der Waals surface area contributed by atoms with Gasteiger partial charge in [0, 0.05) is 31.6 Å². The predicted molar refractivity (Wildman–Crippen MR) is 100 cm³/mol. The Kier molecular flexibility index (Phi) is 6.18. The number of piperidine rings is 2. The lowest BCUT2D eigenvalue weighted by Crippen LogP contribution is -2.53. The van der Waals surface area contributed by atoms with Gasteiger partial charge in [0.1, 0.15) is 6.33 Å². The van der Waals surface area contributed by atoms with Gasteiger partial charge in [-0.2, -0.15) is 5.10 Å². The second-order valence-corrected chi connectivity index (χ2v) is 6.90. The summed E-state index contributed by atoms with van der Waals surface area (Å²) in [5, 5.41) is 17.8. The maximum Gasteiger partial charge on any atom is 0.300 e. The van der Waals surface area contributed by atoms with Gasteiger partial charge in [-0.15, -0.1) is 0 Å². The van der Waals surface area contributed by atoms with Crippen LogP contribution < -0.4 is 5.32 Å². The number of nitrogens with one attached hydrogen (secondary N) is 2. The van der Waals surface area contributed by atoms with E-state index >= 15 is 0 Å². The molecule has 1 aromatic heterocycles. The van der Waals surface area contributed by atoms with Crippen molar-refractivity contribution < 1.29 is 14.7 Å². The topological polar surface area (TPSA) is 111 Å². The molecule has 2 aliphatic rings. The zero-order chi connectivity index (χ0) is 19.2. The molecule has 2 saturated heterocycles. The van der Waals surface area contributed by atoms with Crippen LogP contribution in [-0.4, -0.2) is 62.7 Å². The van der Waals surface area contributed by atoms with Gasteiger partial charge in [0.25, 0.3) is 11.9 Å². The number of benzene rings is 1. The average molecular weight is 371 g/mol. The third-order valence-electron chi connectivity index (χ3n) is 5.01. The van der Waals surface area contributed by atoms with Crippen LogP contribution in [-0.2, 0) is 4.79 Å². The predicted octanol–water partition coefficient (Wildman–Crippen LogP) is 1.78. The number of carboxylic acids is 1. The summed E-state index contributed by atoms with van der Waals surface area (Å²) in [6, 6.07) is 8.21. The lowest BCUT2D eigenvalue weighted by Gasteiger charge is -2.41. The SMILES string of the molecule is CC(=O)O.O=C(c1ccccc1-c1ncn[nH]1)N1CC[C@@H]2NCCC[C@@H]2C1. The van der Waals surface area contributed by atoms with Crippen molar-refractivity contribution in [1.82, 2.24) is 25.4 Å². The summed E-state index contributed by atoms with van der Waals surface area (Å²) in [5.74, 6) is 0.489. The van der Waals surface area contributed by atoms with Crippen LogP contribution in [0.4, 0.5) is 0 Å². The summed E-state index contributed by atoms with van der Waals surface area (Å²) < 4.78 is 0. The Morgan fingerprint density at radius 3 is 2.78 bits per heavy atom. The minimum atomic E-state index is -0.833. The van der Waals surface area contributed by atoms with Crippen molar-refractivity contribution in [1.29, 1.82) is 0 Å². The number of carboxylic acid groups (broad SMARTS) is 1. The fourth-order valence-electron chi connectivity index (χ4n) is 3.81. The molecule has 8 heteroatoms. The number of H-pyrrole nitrogens is 1. The Labute approximate surface area is 158 Å². The summed E-state index contributed by atoms with van der Waals surface area (Å²) in [6.07, 6.45) is 4.93. The maximum atomic E-state index is 13.0. The van der Waals surface area contributed by atoms with Crippen molar-refractivity contribution in [3.63, 3.8) is 0 Å². The van der Waals surface area contributed by atoms with E-state index in [1.165, 1.54) is 19.2 Å². The van der Waals surface area contributed by atoms with Gasteiger partial charge in [-0.3, -0.25) is 14.7 Å². The third-order valence-corrected chi connectivity index (χ3v) is 5.01. The van der Waals surface area contributed by atoms with Crippen LogP contribution in [0.3, 0.4) is 0 Å². The third kappa shape index (κ3) is 4.71. The van der Waals surface area contributed by atoms with E-state index in [0.717, 1.165) is 38.5 Å². The number of hydrogen-bond donors (Lipinski definition) is 3. The molecule has 2 fully saturated rings. The van der Waals surface area contributed by atoms with Crippen molar-refractivity contribution in [2.24, 2.45) is 5.92 Å². The van der Waals surface area contributed by atoms with E-state index in [9.17, 15) is 4.79 Å². The fourth-order valence-corrected chi connectivity index (χ4v) is 3.81. The molecule has 27 heavy (non-hydrogen) atoms. The molecule has 0 radical (unpaired) electrons. The number of aromatic amines is 1. The van der Waals surface area contributed by atoms with E-state index < -0.39 is 5.97 Å². The number of amides is 1. The molecule has 3 heterocycles.